The summed E-state index contributed by atoms with van der Waals surface area (Å²) in [6, 6.07) is 4.33. The van der Waals surface area contributed by atoms with Crippen molar-refractivity contribution in [2.75, 3.05) is 6.61 Å². The topological polar surface area (TPSA) is 54.4 Å². The number of carbonyl (C=O) groups is 2. The lowest BCUT2D eigenvalue weighted by Crippen LogP contribution is -2.20. The Kier molecular flexibility index (Phi) is 13.4. The fourth-order valence-corrected chi connectivity index (χ4v) is 6.43. The van der Waals surface area contributed by atoms with Gasteiger partial charge in [0.25, 0.3) is 0 Å². The first-order valence-electron chi connectivity index (χ1n) is 16.7. The maximum atomic E-state index is 11.9. The van der Waals surface area contributed by atoms with Crippen LogP contribution in [0.3, 0.4) is 0 Å². The van der Waals surface area contributed by atoms with Crippen LogP contribution in [0, 0.1) is 23.2 Å². The Morgan fingerprint density at radius 1 is 1.07 bits per heavy atom. The number of aliphatic hydroxyl groups excluding tert-OH is 1. The van der Waals surface area contributed by atoms with Gasteiger partial charge in [0.05, 0.1) is 0 Å². The second kappa shape index (κ2) is 15.6. The van der Waals surface area contributed by atoms with Gasteiger partial charge in [-0.25, -0.2) is 0 Å². The molecular weight excluding hydrogens is 528 g/mol. The van der Waals surface area contributed by atoms with Crippen molar-refractivity contribution in [2.24, 2.45) is 23.2 Å². The van der Waals surface area contributed by atoms with Crippen LogP contribution in [0.4, 0.5) is 0 Å². The van der Waals surface area contributed by atoms with Gasteiger partial charge in [0, 0.05) is 24.0 Å². The van der Waals surface area contributed by atoms with Crippen LogP contribution in [0.25, 0.3) is 6.08 Å². The van der Waals surface area contributed by atoms with Crippen molar-refractivity contribution in [1.29, 1.82) is 0 Å². The van der Waals surface area contributed by atoms with Gasteiger partial charge in [-0.3, -0.25) is 9.59 Å². The van der Waals surface area contributed by atoms with Gasteiger partial charge in [-0.2, -0.15) is 0 Å². The Bertz CT molecular complexity index is 1160. The number of Topliss-reactive ketones (excluding diaryl/α,β-unsaturated/α-hetero) is 2. The SMILES string of the molecule is C=CCCC(=O)C1=CCCC(C)(C)C1.CC(=O)c1cc(C(C)(C)C)cc2c1C=CC2(C)C.CC(C)[C@H]1CC[C@@H](CO)CC1. The van der Waals surface area contributed by atoms with Gasteiger partial charge in [-0.05, 0) is 115 Å². The molecule has 4 rings (SSSR count). The van der Waals surface area contributed by atoms with Crippen LogP contribution in [0.5, 0.6) is 0 Å². The third kappa shape index (κ3) is 11.0. The number of benzene rings is 1. The summed E-state index contributed by atoms with van der Waals surface area (Å²) in [5.41, 5.74) is 5.94. The van der Waals surface area contributed by atoms with E-state index in [1.165, 1.54) is 43.2 Å². The molecule has 0 aromatic heterocycles. The molecule has 0 aliphatic heterocycles. The van der Waals surface area contributed by atoms with Crippen molar-refractivity contribution in [1.82, 2.24) is 0 Å². The van der Waals surface area contributed by atoms with E-state index >= 15 is 0 Å². The minimum Gasteiger partial charge on any atom is -0.396 e. The number of carbonyl (C=O) groups excluding carboxylic acids is 2. The summed E-state index contributed by atoms with van der Waals surface area (Å²) in [6.45, 7) is 25.8. The summed E-state index contributed by atoms with van der Waals surface area (Å²) in [5.74, 6) is 2.86. The van der Waals surface area contributed by atoms with Crippen molar-refractivity contribution >= 4 is 17.6 Å². The van der Waals surface area contributed by atoms with Crippen molar-refractivity contribution in [2.45, 2.75) is 138 Å². The number of aliphatic hydroxyl groups is 1. The highest BCUT2D eigenvalue weighted by Gasteiger charge is 2.30. The molecule has 0 unspecified atom stereocenters. The van der Waals surface area contributed by atoms with E-state index < -0.39 is 0 Å². The van der Waals surface area contributed by atoms with Gasteiger partial charge in [0.1, 0.15) is 0 Å². The fourth-order valence-electron chi connectivity index (χ4n) is 6.43. The highest BCUT2D eigenvalue weighted by Crippen LogP contribution is 2.40. The lowest BCUT2D eigenvalue weighted by molar-refractivity contribution is -0.116. The standard InChI is InChI=1S/C17H22O.C13H20O.C10H20O/c1-11(18)14-9-12(16(2,3)4)10-15-13(14)7-8-17(15,5)6;1-4-5-8-12(14)11-7-6-9-13(2,3)10-11;1-8(2)10-5-3-9(7-11)4-6-10/h7-10H,1-6H3;4,7H,1,5-6,8-10H2,2-3H3;8-11H,3-7H2,1-2H3/t;;9-,10+. The molecule has 3 heteroatoms. The molecule has 0 amide bonds. The first kappa shape index (κ1) is 36.9. The summed E-state index contributed by atoms with van der Waals surface area (Å²) >= 11 is 0. The molecule has 0 spiro atoms. The molecule has 3 aliphatic rings. The van der Waals surface area contributed by atoms with Crippen molar-refractivity contribution < 1.29 is 14.7 Å². The van der Waals surface area contributed by atoms with Crippen LogP contribution in [0.1, 0.15) is 154 Å². The number of rotatable bonds is 7. The second-order valence-corrected chi connectivity index (χ2v) is 15.9. The molecule has 0 bridgehead atoms. The van der Waals surface area contributed by atoms with Crippen LogP contribution in [0.15, 0.2) is 42.5 Å². The monoisotopic (exact) mass is 590 g/mol. The molecule has 0 heterocycles. The Balaban J connectivity index is 0.000000233. The van der Waals surface area contributed by atoms with Crippen molar-refractivity contribution in [3.8, 4) is 0 Å². The second-order valence-electron chi connectivity index (χ2n) is 15.9. The summed E-state index contributed by atoms with van der Waals surface area (Å²) in [7, 11) is 0. The summed E-state index contributed by atoms with van der Waals surface area (Å²) < 4.78 is 0. The molecule has 1 aromatic carbocycles. The molecule has 3 nitrogen and oxygen atoms in total. The molecule has 0 atom stereocenters. The van der Waals surface area contributed by atoms with Gasteiger partial charge in [-0.1, -0.05) is 92.7 Å². The molecular formula is C40H62O3. The van der Waals surface area contributed by atoms with E-state index in [0.29, 0.717) is 30.1 Å². The first-order chi connectivity index (χ1) is 19.9. The third-order valence-corrected chi connectivity index (χ3v) is 9.69. The molecule has 240 valence electrons. The van der Waals surface area contributed by atoms with E-state index in [9.17, 15) is 9.59 Å². The van der Waals surface area contributed by atoms with Gasteiger partial charge in [-0.15, -0.1) is 6.58 Å². The predicted molar refractivity (Wildman–Crippen MR) is 185 cm³/mol. The van der Waals surface area contributed by atoms with Gasteiger partial charge in [0.2, 0.25) is 0 Å². The molecule has 1 aromatic rings. The zero-order chi connectivity index (χ0) is 32.6. The van der Waals surface area contributed by atoms with E-state index in [4.69, 9.17) is 5.11 Å². The van der Waals surface area contributed by atoms with Crippen molar-refractivity contribution in [3.63, 3.8) is 0 Å². The number of hydrogen-bond acceptors (Lipinski definition) is 3. The lowest BCUT2D eigenvalue weighted by atomic mass is 9.76. The number of allylic oxidation sites excluding steroid dienone is 4. The van der Waals surface area contributed by atoms with Gasteiger partial charge in [0.15, 0.2) is 11.6 Å². The molecule has 0 saturated heterocycles. The molecule has 1 saturated carbocycles. The maximum Gasteiger partial charge on any atom is 0.160 e. The first-order valence-corrected chi connectivity index (χ1v) is 16.7. The van der Waals surface area contributed by atoms with Crippen LogP contribution < -0.4 is 0 Å². The number of fused-ring (bicyclic) bond motifs is 1. The average molecular weight is 591 g/mol. The zero-order valence-electron chi connectivity index (χ0n) is 29.2. The normalized spacial score (nSPS) is 21.9. The number of ketones is 2. The van der Waals surface area contributed by atoms with Crippen LogP contribution in [-0.4, -0.2) is 23.3 Å². The van der Waals surface area contributed by atoms with E-state index in [-0.39, 0.29) is 16.6 Å². The Morgan fingerprint density at radius 2 is 1.70 bits per heavy atom. The lowest BCUT2D eigenvalue weighted by Gasteiger charge is -2.29. The van der Waals surface area contributed by atoms with Gasteiger partial charge < -0.3 is 5.11 Å². The summed E-state index contributed by atoms with van der Waals surface area (Å²) in [6.07, 6.45) is 18.0. The predicted octanol–water partition coefficient (Wildman–Crippen LogP) is 10.6. The van der Waals surface area contributed by atoms with Crippen molar-refractivity contribution in [3.05, 3.63) is 64.8 Å². The number of hydrogen-bond donors (Lipinski definition) is 1. The van der Waals surface area contributed by atoms with E-state index in [1.807, 2.05) is 6.08 Å². The van der Waals surface area contributed by atoms with Crippen LogP contribution in [0.2, 0.25) is 0 Å². The zero-order valence-corrected chi connectivity index (χ0v) is 29.2. The molecule has 43 heavy (non-hydrogen) atoms. The van der Waals surface area contributed by atoms with E-state index in [2.05, 4.69) is 99.3 Å². The Hall–Kier alpha value is -2.26. The quantitative estimate of drug-likeness (QED) is 0.254. The molecule has 3 aliphatic carbocycles. The Labute approximate surface area is 264 Å². The fraction of sp³-hybridized carbons (Fsp3) is 0.650. The largest absolute Gasteiger partial charge is 0.396 e. The summed E-state index contributed by atoms with van der Waals surface area (Å²) in [5, 5.41) is 8.92. The van der Waals surface area contributed by atoms with Crippen LogP contribution in [-0.2, 0) is 15.6 Å². The smallest absolute Gasteiger partial charge is 0.160 e. The average Bonchev–Trinajstić information content (AvgIpc) is 3.25. The van der Waals surface area contributed by atoms with Gasteiger partial charge >= 0.3 is 0 Å². The van der Waals surface area contributed by atoms with E-state index in [1.54, 1.807) is 6.92 Å². The third-order valence-electron chi connectivity index (χ3n) is 9.69. The highest BCUT2D eigenvalue weighted by atomic mass is 16.3. The highest BCUT2D eigenvalue weighted by molar-refractivity contribution is 5.99. The van der Waals surface area contributed by atoms with E-state index in [0.717, 1.165) is 47.8 Å². The molecule has 1 N–H and O–H groups in total. The molecule has 0 radical (unpaired) electrons. The van der Waals surface area contributed by atoms with Crippen LogP contribution >= 0.6 is 0 Å². The maximum absolute atomic E-state index is 11.9. The minimum atomic E-state index is 0.0286. The Morgan fingerprint density at radius 3 is 2.19 bits per heavy atom. The molecule has 1 fully saturated rings. The summed E-state index contributed by atoms with van der Waals surface area (Å²) in [4.78, 5) is 23.6. The minimum absolute atomic E-state index is 0.0286.